The fourth-order valence-corrected chi connectivity index (χ4v) is 3.63. The van der Waals surface area contributed by atoms with Crippen molar-refractivity contribution < 1.29 is 14.3 Å². The summed E-state index contributed by atoms with van der Waals surface area (Å²) in [4.78, 5) is 25.9. The molecule has 1 aromatic rings. The largest absolute Gasteiger partial charge is 0.445 e. The lowest BCUT2D eigenvalue weighted by atomic mass is 9.68. The van der Waals surface area contributed by atoms with Gasteiger partial charge in [-0.2, -0.15) is 0 Å². The number of amides is 1. The van der Waals surface area contributed by atoms with Crippen molar-refractivity contribution in [2.45, 2.75) is 25.5 Å². The number of halogens is 1. The highest BCUT2D eigenvalue weighted by atomic mass is 35.5. The average Bonchev–Trinajstić information content (AvgIpc) is 2.91. The van der Waals surface area contributed by atoms with Gasteiger partial charge >= 0.3 is 6.09 Å². The first-order valence-corrected chi connectivity index (χ1v) is 7.83. The summed E-state index contributed by atoms with van der Waals surface area (Å²) in [6, 6.07) is 9.59. The Bertz CT molecular complexity index is 534. The number of carbonyl (C=O) groups is 2. The van der Waals surface area contributed by atoms with Gasteiger partial charge in [-0.3, -0.25) is 4.79 Å². The minimum absolute atomic E-state index is 0.000441. The summed E-state index contributed by atoms with van der Waals surface area (Å²) in [5.74, 6) is 0.618. The second kappa shape index (κ2) is 6.06. The molecule has 2 fully saturated rings. The van der Waals surface area contributed by atoms with Crippen LogP contribution in [0.1, 0.15) is 18.4 Å². The highest BCUT2D eigenvalue weighted by Crippen LogP contribution is 2.44. The third-order valence-electron chi connectivity index (χ3n) is 4.46. The van der Waals surface area contributed by atoms with E-state index in [2.05, 4.69) is 0 Å². The summed E-state index contributed by atoms with van der Waals surface area (Å²) >= 11 is 5.75. The number of fused-ring (bicyclic) bond motifs is 1. The number of nitrogens with zero attached hydrogens (tertiary/aromatic N) is 1. The molecule has 4 nitrogen and oxygen atoms in total. The molecule has 0 spiro atoms. The molecule has 0 N–H and O–H groups in total. The molecule has 1 aliphatic carbocycles. The van der Waals surface area contributed by atoms with Crippen LogP contribution in [0.2, 0.25) is 0 Å². The minimum Gasteiger partial charge on any atom is -0.445 e. The van der Waals surface area contributed by atoms with Gasteiger partial charge in [-0.25, -0.2) is 4.79 Å². The lowest BCUT2D eigenvalue weighted by Gasteiger charge is -2.41. The van der Waals surface area contributed by atoms with Gasteiger partial charge in [0.15, 0.2) is 0 Å². The number of Topliss-reactive ketones (excluding diaryl/α,β-unsaturated/α-hetero) is 1. The number of ketones is 1. The predicted octanol–water partition coefficient (Wildman–Crippen LogP) is 2.84. The average molecular weight is 308 g/mol. The van der Waals surface area contributed by atoms with E-state index in [0.29, 0.717) is 18.8 Å². The van der Waals surface area contributed by atoms with Gasteiger partial charge in [-0.15, -0.1) is 11.6 Å². The fraction of sp³-hybridized carbons (Fsp3) is 0.500. The summed E-state index contributed by atoms with van der Waals surface area (Å²) in [6.45, 7) is 0.870. The smallest absolute Gasteiger partial charge is 0.410 e. The number of alkyl halides is 1. The van der Waals surface area contributed by atoms with Crippen molar-refractivity contribution in [3.8, 4) is 0 Å². The van der Waals surface area contributed by atoms with Crippen LogP contribution in [0.5, 0.6) is 0 Å². The lowest BCUT2D eigenvalue weighted by Crippen LogP contribution is -2.56. The number of carbonyl (C=O) groups excluding carboxylic acids is 2. The van der Waals surface area contributed by atoms with E-state index in [-0.39, 0.29) is 36.4 Å². The SMILES string of the molecule is O=C1[C@@H](CCCl)[C@H]2[C@@H]1CCN2C(=O)OCc1ccccc1. The molecule has 1 aliphatic heterocycles. The molecule has 0 radical (unpaired) electrons. The number of likely N-dealkylation sites (tertiary alicyclic amines) is 1. The van der Waals surface area contributed by atoms with E-state index >= 15 is 0 Å². The zero-order valence-corrected chi connectivity index (χ0v) is 12.5. The van der Waals surface area contributed by atoms with Gasteiger partial charge < -0.3 is 9.64 Å². The third kappa shape index (κ3) is 2.64. The van der Waals surface area contributed by atoms with Gasteiger partial charge in [-0.1, -0.05) is 30.3 Å². The molecular weight excluding hydrogens is 290 g/mol. The zero-order chi connectivity index (χ0) is 14.8. The molecule has 0 aromatic heterocycles. The molecular formula is C16H18ClNO3. The van der Waals surface area contributed by atoms with Gasteiger partial charge in [0.2, 0.25) is 0 Å². The molecule has 1 heterocycles. The Labute approximate surface area is 129 Å². The predicted molar refractivity (Wildman–Crippen MR) is 79.1 cm³/mol. The van der Waals surface area contributed by atoms with Crippen molar-refractivity contribution in [1.29, 1.82) is 0 Å². The van der Waals surface area contributed by atoms with E-state index in [9.17, 15) is 9.59 Å². The summed E-state index contributed by atoms with van der Waals surface area (Å²) < 4.78 is 5.37. The van der Waals surface area contributed by atoms with Gasteiger partial charge in [0, 0.05) is 24.3 Å². The van der Waals surface area contributed by atoms with Crippen LogP contribution >= 0.6 is 11.6 Å². The maximum absolute atomic E-state index is 12.2. The van der Waals surface area contributed by atoms with Crippen LogP contribution in [0.3, 0.4) is 0 Å². The molecule has 0 unspecified atom stereocenters. The van der Waals surface area contributed by atoms with Crippen molar-refractivity contribution >= 4 is 23.5 Å². The van der Waals surface area contributed by atoms with Gasteiger partial charge in [0.1, 0.15) is 12.4 Å². The number of ether oxygens (including phenoxy) is 1. The molecule has 21 heavy (non-hydrogen) atoms. The van der Waals surface area contributed by atoms with Crippen molar-refractivity contribution in [3.63, 3.8) is 0 Å². The number of hydrogen-bond acceptors (Lipinski definition) is 3. The van der Waals surface area contributed by atoms with Crippen LogP contribution in [0.15, 0.2) is 30.3 Å². The molecule has 5 heteroatoms. The topological polar surface area (TPSA) is 46.6 Å². The molecule has 1 saturated carbocycles. The summed E-state index contributed by atoms with van der Waals surface area (Å²) in [5.41, 5.74) is 0.962. The Morgan fingerprint density at radius 2 is 2.10 bits per heavy atom. The summed E-state index contributed by atoms with van der Waals surface area (Å²) in [7, 11) is 0. The number of rotatable bonds is 4. The zero-order valence-electron chi connectivity index (χ0n) is 11.7. The second-order valence-corrected chi connectivity index (χ2v) is 5.98. The molecule has 1 saturated heterocycles. The first-order valence-electron chi connectivity index (χ1n) is 7.29. The van der Waals surface area contributed by atoms with E-state index in [1.165, 1.54) is 0 Å². The van der Waals surface area contributed by atoms with Crippen LogP contribution in [0, 0.1) is 11.8 Å². The highest BCUT2D eigenvalue weighted by Gasteiger charge is 2.56. The van der Waals surface area contributed by atoms with Gasteiger partial charge in [0.25, 0.3) is 0 Å². The monoisotopic (exact) mass is 307 g/mol. The molecule has 1 aromatic carbocycles. The van der Waals surface area contributed by atoms with Gasteiger partial charge in [0.05, 0.1) is 6.04 Å². The van der Waals surface area contributed by atoms with E-state index in [4.69, 9.17) is 16.3 Å². The van der Waals surface area contributed by atoms with Crippen molar-refractivity contribution in [2.75, 3.05) is 12.4 Å². The highest BCUT2D eigenvalue weighted by molar-refractivity contribution is 6.18. The van der Waals surface area contributed by atoms with Crippen molar-refractivity contribution in [1.82, 2.24) is 4.90 Å². The van der Waals surface area contributed by atoms with Crippen LogP contribution in [0.25, 0.3) is 0 Å². The summed E-state index contributed by atoms with van der Waals surface area (Å²) in [6.07, 6.45) is 1.07. The van der Waals surface area contributed by atoms with Crippen LogP contribution < -0.4 is 0 Å². The van der Waals surface area contributed by atoms with E-state index in [0.717, 1.165) is 12.0 Å². The molecule has 112 valence electrons. The Hall–Kier alpha value is -1.55. The van der Waals surface area contributed by atoms with Crippen LogP contribution in [0.4, 0.5) is 4.79 Å². The maximum atomic E-state index is 12.2. The number of benzene rings is 1. The van der Waals surface area contributed by atoms with Crippen LogP contribution in [-0.2, 0) is 16.1 Å². The molecule has 3 atom stereocenters. The molecule has 3 rings (SSSR count). The molecule has 1 amide bonds. The fourth-order valence-electron chi connectivity index (χ4n) is 3.39. The van der Waals surface area contributed by atoms with Crippen LogP contribution in [-0.4, -0.2) is 35.2 Å². The third-order valence-corrected chi connectivity index (χ3v) is 4.67. The quantitative estimate of drug-likeness (QED) is 0.804. The van der Waals surface area contributed by atoms with Gasteiger partial charge in [-0.05, 0) is 18.4 Å². The second-order valence-electron chi connectivity index (χ2n) is 5.61. The Morgan fingerprint density at radius 1 is 1.33 bits per heavy atom. The van der Waals surface area contributed by atoms with E-state index < -0.39 is 0 Å². The van der Waals surface area contributed by atoms with E-state index in [1.807, 2.05) is 30.3 Å². The Morgan fingerprint density at radius 3 is 2.81 bits per heavy atom. The first-order chi connectivity index (χ1) is 10.2. The minimum atomic E-state index is -0.321. The maximum Gasteiger partial charge on any atom is 0.410 e. The van der Waals surface area contributed by atoms with Crippen molar-refractivity contribution in [2.24, 2.45) is 11.8 Å². The first kappa shape index (κ1) is 14.4. The Kier molecular flexibility index (Phi) is 4.15. The van der Waals surface area contributed by atoms with Crippen molar-refractivity contribution in [3.05, 3.63) is 35.9 Å². The summed E-state index contributed by atoms with van der Waals surface area (Å²) in [5, 5.41) is 0. The number of hydrogen-bond donors (Lipinski definition) is 0. The lowest BCUT2D eigenvalue weighted by molar-refractivity contribution is -0.139. The standard InChI is InChI=1S/C16H18ClNO3/c17-8-6-12-14-13(15(12)19)7-9-18(14)16(20)21-10-11-4-2-1-3-5-11/h1-5,12-14H,6-10H2/t12-,13-,14-/m0/s1. The van der Waals surface area contributed by atoms with E-state index in [1.54, 1.807) is 4.90 Å². The Balaban J connectivity index is 1.59. The normalized spacial score (nSPS) is 27.2. The molecule has 2 aliphatic rings. The molecule has 0 bridgehead atoms.